The van der Waals surface area contributed by atoms with E-state index in [1.54, 1.807) is 48.9 Å². The smallest absolute Gasteiger partial charge is 0.408 e. The van der Waals surface area contributed by atoms with Gasteiger partial charge in [0.1, 0.15) is 36.8 Å². The third-order valence-corrected chi connectivity index (χ3v) is 15.1. The Morgan fingerprint density at radius 2 is 1.64 bits per heavy atom. The molecule has 2 aliphatic rings. The molecule has 338 valence electrons. The largest absolute Gasteiger partial charge is 0.444 e. The number of alkyl carbamates (subject to hydrolysis) is 1. The third-order valence-electron chi connectivity index (χ3n) is 10.1. The number of carbonyl (C=O) groups excluding carboxylic acids is 6. The molecule has 3 heterocycles. The van der Waals surface area contributed by atoms with Gasteiger partial charge in [0.25, 0.3) is 5.91 Å². The van der Waals surface area contributed by atoms with E-state index in [0.29, 0.717) is 25.3 Å². The highest BCUT2D eigenvalue weighted by molar-refractivity contribution is 8.18. The fraction of sp³-hybridized carbons (Fsp3) is 0.667. The van der Waals surface area contributed by atoms with Crippen LogP contribution in [-0.2, 0) is 40.2 Å². The highest BCUT2D eigenvalue weighted by Gasteiger charge is 2.53. The Balaban J connectivity index is 1.46. The number of nitrogens with zero attached hydrogens (tertiary/aromatic N) is 4. The minimum Gasteiger partial charge on any atom is -0.444 e. The van der Waals surface area contributed by atoms with E-state index in [0.717, 1.165) is 29.5 Å². The van der Waals surface area contributed by atoms with Crippen molar-refractivity contribution >= 4 is 67.1 Å². The van der Waals surface area contributed by atoms with Crippen LogP contribution >= 0.6 is 23.5 Å². The van der Waals surface area contributed by atoms with Crippen LogP contribution in [0.2, 0.25) is 25.7 Å². The molecular formula is C42H66N8O8S2Si. The van der Waals surface area contributed by atoms with Gasteiger partial charge >= 0.3 is 6.09 Å². The van der Waals surface area contributed by atoms with Crippen molar-refractivity contribution in [3.8, 4) is 0 Å². The quantitative estimate of drug-likeness (QED) is 0.0900. The zero-order valence-electron chi connectivity index (χ0n) is 37.4. The Bertz CT molecular complexity index is 1840. The molecule has 19 heteroatoms. The van der Waals surface area contributed by atoms with Crippen LogP contribution in [0.25, 0.3) is 0 Å². The number of hydrogen-bond acceptors (Lipinski definition) is 12. The van der Waals surface area contributed by atoms with Gasteiger partial charge in [-0.05, 0) is 62.1 Å². The first-order valence-electron chi connectivity index (χ1n) is 21.0. The lowest BCUT2D eigenvalue weighted by atomic mass is 9.85. The number of Topliss-reactive ketones (excluding diaryl/α,β-unsaturated/α-hetero) is 1. The average molecular weight is 903 g/mol. The molecular weight excluding hydrogens is 837 g/mol. The highest BCUT2D eigenvalue weighted by atomic mass is 32.2. The van der Waals surface area contributed by atoms with Crippen molar-refractivity contribution in [3.63, 3.8) is 0 Å². The van der Waals surface area contributed by atoms with E-state index in [9.17, 15) is 28.8 Å². The summed E-state index contributed by atoms with van der Waals surface area (Å²) < 4.78 is 12.7. The van der Waals surface area contributed by atoms with Gasteiger partial charge in [-0.3, -0.25) is 28.5 Å². The lowest BCUT2D eigenvalue weighted by molar-refractivity contribution is -0.144. The van der Waals surface area contributed by atoms with E-state index in [1.807, 2.05) is 58.0 Å². The van der Waals surface area contributed by atoms with Crippen LogP contribution in [0.3, 0.4) is 0 Å². The molecule has 0 aliphatic carbocycles. The number of benzene rings is 1. The molecule has 2 aromatic rings. The van der Waals surface area contributed by atoms with Crippen LogP contribution in [-0.4, -0.2) is 122 Å². The zero-order chi connectivity index (χ0) is 45.2. The van der Waals surface area contributed by atoms with Crippen molar-refractivity contribution in [2.75, 3.05) is 31.2 Å². The first-order chi connectivity index (χ1) is 28.5. The summed E-state index contributed by atoms with van der Waals surface area (Å²) in [5.41, 5.74) is -0.819. The van der Waals surface area contributed by atoms with E-state index in [-0.39, 0.29) is 19.7 Å². The molecule has 0 bridgehead atoms. The maximum Gasteiger partial charge on any atom is 0.408 e. The van der Waals surface area contributed by atoms with Crippen molar-refractivity contribution in [1.29, 1.82) is 0 Å². The van der Waals surface area contributed by atoms with Crippen LogP contribution in [0, 0.1) is 5.41 Å². The summed E-state index contributed by atoms with van der Waals surface area (Å²) in [6, 6.07) is 6.22. The van der Waals surface area contributed by atoms with E-state index < -0.39 is 89.4 Å². The molecule has 2 unspecified atom stereocenters. The summed E-state index contributed by atoms with van der Waals surface area (Å²) >= 11 is 3.42. The lowest BCUT2D eigenvalue weighted by Gasteiger charge is -2.36. The van der Waals surface area contributed by atoms with Gasteiger partial charge in [0.15, 0.2) is 5.82 Å². The molecule has 16 nitrogen and oxygen atoms in total. The summed E-state index contributed by atoms with van der Waals surface area (Å²) in [7, 11) is -1.31. The maximum atomic E-state index is 14.5. The molecule has 0 radical (unpaired) electrons. The van der Waals surface area contributed by atoms with Gasteiger partial charge in [0.2, 0.25) is 23.5 Å². The van der Waals surface area contributed by atoms with Crippen LogP contribution in [0.5, 0.6) is 0 Å². The Morgan fingerprint density at radius 3 is 2.25 bits per heavy atom. The van der Waals surface area contributed by atoms with Crippen molar-refractivity contribution < 1.29 is 38.2 Å². The van der Waals surface area contributed by atoms with Crippen LogP contribution in [0.15, 0.2) is 36.7 Å². The molecule has 2 fully saturated rings. The van der Waals surface area contributed by atoms with Crippen molar-refractivity contribution in [2.45, 2.75) is 140 Å². The molecule has 61 heavy (non-hydrogen) atoms. The molecule has 0 saturated carbocycles. The number of ketones is 1. The standard InChI is InChI=1S/C42H66N8O8S2Si/c1-11-16-29(45-36(53)30-23-42(59-20-15-21-60-42)25-50(30)38(55)34(40(2,3)4)47-39(56)58-41(5,6)7)33(52)37(54)43-24-31(51)46-32(28-17-13-12-14-18-28)35-48-44-26-49(35)27-57-19-22-61(8,9)10/h12-14,17-18,26,29-30,32,34H,11,15-16,19-25,27H2,1-10H3,(H,43,54)(H,45,53)(H,46,51)(H,47,56)/t29?,30-,32?,34-/m0/s1. The van der Waals surface area contributed by atoms with E-state index in [4.69, 9.17) is 9.47 Å². The van der Waals surface area contributed by atoms with Gasteiger partial charge in [-0.25, -0.2) is 4.79 Å². The molecule has 4 rings (SSSR count). The molecule has 4 N–H and O–H groups in total. The zero-order valence-corrected chi connectivity index (χ0v) is 40.1. The van der Waals surface area contributed by atoms with Gasteiger partial charge < -0.3 is 35.6 Å². The Kier molecular flexibility index (Phi) is 17.5. The summed E-state index contributed by atoms with van der Waals surface area (Å²) in [6.45, 7) is 19.8. The molecule has 1 aromatic heterocycles. The van der Waals surface area contributed by atoms with E-state index in [2.05, 4.69) is 51.1 Å². The number of ether oxygens (including phenoxy) is 2. The van der Waals surface area contributed by atoms with Gasteiger partial charge in [-0.1, -0.05) is 84.1 Å². The number of thioether (sulfide) groups is 2. The maximum absolute atomic E-state index is 14.5. The number of aromatic nitrogens is 3. The van der Waals surface area contributed by atoms with E-state index >= 15 is 0 Å². The van der Waals surface area contributed by atoms with Crippen LogP contribution in [0.4, 0.5) is 4.79 Å². The summed E-state index contributed by atoms with van der Waals surface area (Å²) in [5, 5.41) is 19.2. The fourth-order valence-corrected chi connectivity index (χ4v) is 11.0. The second kappa shape index (κ2) is 21.4. The predicted octanol–water partition coefficient (Wildman–Crippen LogP) is 4.87. The van der Waals surface area contributed by atoms with Crippen LogP contribution in [0.1, 0.15) is 91.6 Å². The minimum atomic E-state index is -1.31. The number of hydrogen-bond donors (Lipinski definition) is 4. The number of carbonyl (C=O) groups is 6. The first kappa shape index (κ1) is 49.7. The molecule has 2 saturated heterocycles. The van der Waals surface area contributed by atoms with Gasteiger partial charge in [0.05, 0.1) is 16.7 Å². The minimum absolute atomic E-state index is 0.149. The molecule has 4 atom stereocenters. The topological polar surface area (TPSA) is 203 Å². The molecule has 1 aromatic carbocycles. The van der Waals surface area contributed by atoms with E-state index in [1.165, 1.54) is 11.2 Å². The van der Waals surface area contributed by atoms with Crippen LogP contribution < -0.4 is 21.3 Å². The second-order valence-corrected chi connectivity index (χ2v) is 27.7. The average Bonchev–Trinajstić information content (AvgIpc) is 3.80. The van der Waals surface area contributed by atoms with Crippen molar-refractivity contribution in [2.24, 2.45) is 5.41 Å². The predicted molar refractivity (Wildman–Crippen MR) is 240 cm³/mol. The van der Waals surface area contributed by atoms with Gasteiger partial charge in [0, 0.05) is 27.6 Å². The van der Waals surface area contributed by atoms with Gasteiger partial charge in [-0.15, -0.1) is 33.7 Å². The monoisotopic (exact) mass is 902 g/mol. The normalized spacial score (nSPS) is 18.1. The Labute approximate surface area is 369 Å². The Hall–Kier alpha value is -3.94. The molecule has 5 amide bonds. The molecule has 2 aliphatic heterocycles. The number of amides is 5. The Morgan fingerprint density at radius 1 is 0.967 bits per heavy atom. The lowest BCUT2D eigenvalue weighted by Crippen LogP contribution is -2.59. The van der Waals surface area contributed by atoms with Crippen molar-refractivity contribution in [1.82, 2.24) is 40.9 Å². The molecule has 1 spiro atoms. The van der Waals surface area contributed by atoms with Crippen molar-refractivity contribution in [3.05, 3.63) is 48.0 Å². The number of rotatable bonds is 18. The summed E-state index contributed by atoms with van der Waals surface area (Å²) in [5.74, 6) is -1.37. The fourth-order valence-electron chi connectivity index (χ4n) is 6.88. The third kappa shape index (κ3) is 14.8. The SMILES string of the molecule is CCCC(NC(=O)[C@@H]1CC2(CN1C(=O)[C@H](NC(=O)OC(C)(C)C)C(C)(C)C)SCCCS2)C(=O)C(=O)NCC(=O)NC(c1ccccc1)c1nncn1COCC[Si](C)(C)C. The number of likely N-dealkylation sites (tertiary alicyclic amines) is 1. The van der Waals surface area contributed by atoms with Gasteiger partial charge in [-0.2, -0.15) is 0 Å². The summed E-state index contributed by atoms with van der Waals surface area (Å²) in [6.07, 6.45) is 2.71. The second-order valence-electron chi connectivity index (χ2n) is 18.9. The number of nitrogens with one attached hydrogen (secondary N) is 4. The summed E-state index contributed by atoms with van der Waals surface area (Å²) in [4.78, 5) is 83.7. The first-order valence-corrected chi connectivity index (χ1v) is 26.7. The highest BCUT2D eigenvalue weighted by Crippen LogP contribution is 2.50.